The van der Waals surface area contributed by atoms with Crippen molar-refractivity contribution < 1.29 is 13.9 Å². The number of halogens is 1. The molecule has 5 heteroatoms. The van der Waals surface area contributed by atoms with E-state index in [-0.39, 0.29) is 11.8 Å². The van der Waals surface area contributed by atoms with Gasteiger partial charge in [0.2, 0.25) is 5.89 Å². The average molecular weight is 250 g/mol. The van der Waals surface area contributed by atoms with E-state index in [4.69, 9.17) is 4.42 Å². The van der Waals surface area contributed by atoms with Gasteiger partial charge < -0.3 is 14.8 Å². The molecule has 2 aromatic rings. The molecule has 1 heterocycles. The third-order valence-corrected chi connectivity index (χ3v) is 2.56. The number of aryl methyl sites for hydroxylation is 1. The molecule has 0 radical (unpaired) electrons. The van der Waals surface area contributed by atoms with E-state index in [1.54, 1.807) is 6.20 Å². The molecule has 0 aliphatic heterocycles. The van der Waals surface area contributed by atoms with Gasteiger partial charge in [0.05, 0.1) is 12.2 Å². The van der Waals surface area contributed by atoms with Crippen LogP contribution in [0.1, 0.15) is 30.2 Å². The van der Waals surface area contributed by atoms with Crippen LogP contribution in [0.4, 0.5) is 4.39 Å². The Bertz CT molecular complexity index is 519. The third-order valence-electron chi connectivity index (χ3n) is 2.56. The molecule has 0 amide bonds. The van der Waals surface area contributed by atoms with Crippen LogP contribution in [0.25, 0.3) is 0 Å². The zero-order chi connectivity index (χ0) is 13.1. The number of aromatic nitrogens is 1. The highest BCUT2D eigenvalue weighted by Crippen LogP contribution is 2.16. The lowest BCUT2D eigenvalue weighted by molar-refractivity contribution is 0.401. The molecule has 96 valence electrons. The Labute approximate surface area is 104 Å². The lowest BCUT2D eigenvalue weighted by Gasteiger charge is -2.10. The van der Waals surface area contributed by atoms with Crippen LogP contribution in [0.3, 0.4) is 0 Å². The van der Waals surface area contributed by atoms with Crippen LogP contribution in [0.2, 0.25) is 0 Å². The number of hydrogen-bond donors (Lipinski definition) is 2. The Balaban J connectivity index is 1.99. The maximum atomic E-state index is 13.1. The summed E-state index contributed by atoms with van der Waals surface area (Å²) in [6.07, 6.45) is 1.65. The molecule has 0 fully saturated rings. The lowest BCUT2D eigenvalue weighted by atomic mass is 10.2. The van der Waals surface area contributed by atoms with Crippen LogP contribution in [0.15, 0.2) is 28.8 Å². The normalized spacial score (nSPS) is 12.6. The van der Waals surface area contributed by atoms with E-state index in [0.717, 1.165) is 11.8 Å². The van der Waals surface area contributed by atoms with Crippen molar-refractivity contribution in [3.05, 3.63) is 47.4 Å². The summed E-state index contributed by atoms with van der Waals surface area (Å²) < 4.78 is 18.4. The number of phenolic OH excluding ortho intramolecular Hbond substituents is 1. The summed E-state index contributed by atoms with van der Waals surface area (Å²) in [4.78, 5) is 4.11. The predicted molar refractivity (Wildman–Crippen MR) is 64.6 cm³/mol. The summed E-state index contributed by atoms with van der Waals surface area (Å²) in [5.74, 6) is 0.813. The van der Waals surface area contributed by atoms with Crippen molar-refractivity contribution in [2.24, 2.45) is 0 Å². The van der Waals surface area contributed by atoms with E-state index in [1.807, 2.05) is 13.8 Å². The summed E-state index contributed by atoms with van der Waals surface area (Å²) in [5, 5.41) is 12.4. The number of rotatable bonds is 4. The largest absolute Gasteiger partial charge is 0.508 e. The van der Waals surface area contributed by atoms with E-state index in [0.29, 0.717) is 18.0 Å². The molecule has 2 rings (SSSR count). The highest BCUT2D eigenvalue weighted by molar-refractivity contribution is 5.28. The molecule has 0 saturated heterocycles. The first-order valence-corrected chi connectivity index (χ1v) is 5.69. The van der Waals surface area contributed by atoms with Crippen molar-refractivity contribution in [2.45, 2.75) is 26.4 Å². The minimum atomic E-state index is -0.452. The van der Waals surface area contributed by atoms with Gasteiger partial charge in [-0.05, 0) is 31.5 Å². The van der Waals surface area contributed by atoms with Gasteiger partial charge in [-0.3, -0.25) is 0 Å². The Morgan fingerprint density at radius 1 is 1.44 bits per heavy atom. The Kier molecular flexibility index (Phi) is 3.62. The molecule has 4 nitrogen and oxygen atoms in total. The standard InChI is InChI=1S/C13H15FN2O2/c1-8-6-16-13(18-8)9(2)15-7-10-3-11(14)5-12(17)4-10/h3-6,9,15,17H,7H2,1-2H3. The number of hydrogen-bond acceptors (Lipinski definition) is 4. The number of nitrogens with zero attached hydrogens (tertiary/aromatic N) is 1. The number of nitrogens with one attached hydrogen (secondary N) is 1. The monoisotopic (exact) mass is 250 g/mol. The summed E-state index contributed by atoms with van der Waals surface area (Å²) in [5.41, 5.74) is 0.669. The average Bonchev–Trinajstić information content (AvgIpc) is 2.71. The third kappa shape index (κ3) is 3.07. The molecule has 0 bridgehead atoms. The highest BCUT2D eigenvalue weighted by atomic mass is 19.1. The SMILES string of the molecule is Cc1cnc(C(C)NCc2cc(O)cc(F)c2)o1. The van der Waals surface area contributed by atoms with Gasteiger partial charge in [-0.2, -0.15) is 0 Å². The minimum Gasteiger partial charge on any atom is -0.508 e. The van der Waals surface area contributed by atoms with Crippen molar-refractivity contribution in [1.82, 2.24) is 10.3 Å². The van der Waals surface area contributed by atoms with Crippen molar-refractivity contribution >= 4 is 0 Å². The highest BCUT2D eigenvalue weighted by Gasteiger charge is 2.10. The molecule has 18 heavy (non-hydrogen) atoms. The quantitative estimate of drug-likeness (QED) is 0.875. The summed E-state index contributed by atoms with van der Waals surface area (Å²) in [6, 6.07) is 3.89. The lowest BCUT2D eigenvalue weighted by Crippen LogP contribution is -2.18. The number of phenols is 1. The molecule has 1 aromatic carbocycles. The molecule has 1 aromatic heterocycles. The number of oxazole rings is 1. The molecule has 1 unspecified atom stereocenters. The van der Waals surface area contributed by atoms with E-state index in [9.17, 15) is 9.50 Å². The van der Waals surface area contributed by atoms with Crippen molar-refractivity contribution in [2.75, 3.05) is 0 Å². The molecular formula is C13H15FN2O2. The number of benzene rings is 1. The molecule has 0 aliphatic carbocycles. The predicted octanol–water partition coefficient (Wildman–Crippen LogP) is 2.68. The van der Waals surface area contributed by atoms with Crippen LogP contribution in [0.5, 0.6) is 5.75 Å². The zero-order valence-corrected chi connectivity index (χ0v) is 10.3. The van der Waals surface area contributed by atoms with Crippen molar-refractivity contribution in [3.63, 3.8) is 0 Å². The van der Waals surface area contributed by atoms with E-state index in [2.05, 4.69) is 10.3 Å². The first-order valence-electron chi connectivity index (χ1n) is 5.69. The second-order valence-corrected chi connectivity index (χ2v) is 4.23. The van der Waals surface area contributed by atoms with Crippen molar-refractivity contribution in [1.29, 1.82) is 0 Å². The second-order valence-electron chi connectivity index (χ2n) is 4.23. The van der Waals surface area contributed by atoms with Gasteiger partial charge in [0.1, 0.15) is 17.3 Å². The van der Waals surface area contributed by atoms with Gasteiger partial charge in [0, 0.05) is 12.6 Å². The molecule has 2 N–H and O–H groups in total. The van der Waals surface area contributed by atoms with E-state index in [1.165, 1.54) is 12.1 Å². The Hall–Kier alpha value is -1.88. The van der Waals surface area contributed by atoms with Crippen LogP contribution in [-0.2, 0) is 6.54 Å². The molecule has 0 saturated carbocycles. The first-order chi connectivity index (χ1) is 8.54. The minimum absolute atomic E-state index is 0.0774. The Morgan fingerprint density at radius 2 is 2.22 bits per heavy atom. The van der Waals surface area contributed by atoms with E-state index >= 15 is 0 Å². The Morgan fingerprint density at radius 3 is 2.83 bits per heavy atom. The summed E-state index contributed by atoms with van der Waals surface area (Å²) in [6.45, 7) is 4.16. The van der Waals surface area contributed by atoms with E-state index < -0.39 is 5.82 Å². The maximum absolute atomic E-state index is 13.1. The molecule has 0 aliphatic rings. The van der Waals surface area contributed by atoms with Gasteiger partial charge >= 0.3 is 0 Å². The van der Waals surface area contributed by atoms with Crippen molar-refractivity contribution in [3.8, 4) is 5.75 Å². The fourth-order valence-corrected chi connectivity index (χ4v) is 1.67. The molecular weight excluding hydrogens is 235 g/mol. The summed E-state index contributed by atoms with van der Waals surface area (Å²) in [7, 11) is 0. The number of aromatic hydroxyl groups is 1. The fourth-order valence-electron chi connectivity index (χ4n) is 1.67. The topological polar surface area (TPSA) is 58.3 Å². The smallest absolute Gasteiger partial charge is 0.211 e. The van der Waals surface area contributed by atoms with Gasteiger partial charge in [-0.15, -0.1) is 0 Å². The van der Waals surface area contributed by atoms with Gasteiger partial charge in [-0.1, -0.05) is 0 Å². The van der Waals surface area contributed by atoms with Crippen LogP contribution < -0.4 is 5.32 Å². The fraction of sp³-hybridized carbons (Fsp3) is 0.308. The van der Waals surface area contributed by atoms with Gasteiger partial charge in [-0.25, -0.2) is 9.37 Å². The van der Waals surface area contributed by atoms with Crippen LogP contribution in [-0.4, -0.2) is 10.1 Å². The van der Waals surface area contributed by atoms with Crippen LogP contribution >= 0.6 is 0 Å². The first kappa shape index (κ1) is 12.6. The second kappa shape index (κ2) is 5.18. The molecule has 1 atom stereocenters. The molecule has 0 spiro atoms. The van der Waals surface area contributed by atoms with Crippen LogP contribution in [0, 0.1) is 12.7 Å². The summed E-state index contributed by atoms with van der Waals surface area (Å²) >= 11 is 0. The van der Waals surface area contributed by atoms with Gasteiger partial charge in [0.15, 0.2) is 0 Å². The maximum Gasteiger partial charge on any atom is 0.211 e. The van der Waals surface area contributed by atoms with Gasteiger partial charge in [0.25, 0.3) is 0 Å². The zero-order valence-electron chi connectivity index (χ0n) is 10.3.